The van der Waals surface area contributed by atoms with Crippen LogP contribution in [0.15, 0.2) is 30.7 Å². The lowest BCUT2D eigenvalue weighted by atomic mass is 10.2. The number of aromatic nitrogens is 3. The van der Waals surface area contributed by atoms with Crippen LogP contribution < -0.4 is 0 Å². The van der Waals surface area contributed by atoms with Crippen molar-refractivity contribution in [2.75, 3.05) is 19.9 Å². The van der Waals surface area contributed by atoms with Gasteiger partial charge in [-0.15, -0.1) is 0 Å². The van der Waals surface area contributed by atoms with Crippen LogP contribution in [-0.4, -0.2) is 53.7 Å². The van der Waals surface area contributed by atoms with Crippen LogP contribution >= 0.6 is 0 Å². The van der Waals surface area contributed by atoms with E-state index in [4.69, 9.17) is 4.74 Å². The van der Waals surface area contributed by atoms with Crippen LogP contribution in [0.3, 0.4) is 0 Å². The Balaban J connectivity index is 1.91. The van der Waals surface area contributed by atoms with E-state index in [0.29, 0.717) is 18.8 Å². The van der Waals surface area contributed by atoms with Gasteiger partial charge in [0.05, 0.1) is 30.3 Å². The van der Waals surface area contributed by atoms with Gasteiger partial charge in [0.15, 0.2) is 0 Å². The van der Waals surface area contributed by atoms with Crippen LogP contribution in [0.25, 0.3) is 11.3 Å². The van der Waals surface area contributed by atoms with Crippen molar-refractivity contribution in [3.8, 4) is 11.3 Å². The van der Waals surface area contributed by atoms with E-state index >= 15 is 0 Å². The molecule has 22 heavy (non-hydrogen) atoms. The molecule has 2 atom stereocenters. The molecule has 3 heterocycles. The summed E-state index contributed by atoms with van der Waals surface area (Å²) < 4.78 is 30.7. The Morgan fingerprint density at radius 1 is 1.41 bits per heavy atom. The first kappa shape index (κ1) is 15.1. The molecule has 2 aromatic heterocycles. The molecule has 0 aliphatic carbocycles. The number of hydrogen-bond acceptors (Lipinski definition) is 5. The van der Waals surface area contributed by atoms with Crippen molar-refractivity contribution in [2.45, 2.75) is 18.6 Å². The lowest BCUT2D eigenvalue weighted by Crippen LogP contribution is -2.31. The molecule has 1 fully saturated rings. The number of nitrogens with zero attached hydrogens (tertiary/aromatic N) is 3. The van der Waals surface area contributed by atoms with Gasteiger partial charge in [-0.2, -0.15) is 4.31 Å². The number of ether oxygens (including phenoxy) is 1. The van der Waals surface area contributed by atoms with Gasteiger partial charge < -0.3 is 9.72 Å². The van der Waals surface area contributed by atoms with Crippen molar-refractivity contribution >= 4 is 10.0 Å². The molecule has 1 N–H and O–H groups in total. The largest absolute Gasteiger partial charge is 0.380 e. The quantitative estimate of drug-likeness (QED) is 0.913. The van der Waals surface area contributed by atoms with Crippen LogP contribution in [0.4, 0.5) is 0 Å². The van der Waals surface area contributed by atoms with Gasteiger partial charge >= 0.3 is 0 Å². The van der Waals surface area contributed by atoms with Crippen molar-refractivity contribution < 1.29 is 13.2 Å². The average molecular weight is 322 g/mol. The maximum Gasteiger partial charge on any atom is 0.211 e. The van der Waals surface area contributed by atoms with Crippen LogP contribution in [0.2, 0.25) is 0 Å². The minimum atomic E-state index is -3.32. The van der Waals surface area contributed by atoms with Crippen LogP contribution in [-0.2, 0) is 14.8 Å². The Bertz CT molecular complexity index is 744. The Morgan fingerprint density at radius 3 is 2.86 bits per heavy atom. The summed E-state index contributed by atoms with van der Waals surface area (Å²) in [6.07, 6.45) is 6.82. The Hall–Kier alpha value is -1.77. The van der Waals surface area contributed by atoms with Crippen molar-refractivity contribution in [3.05, 3.63) is 36.5 Å². The fourth-order valence-electron chi connectivity index (χ4n) is 2.73. The van der Waals surface area contributed by atoms with Gasteiger partial charge in [0.1, 0.15) is 5.82 Å². The average Bonchev–Trinajstić information content (AvgIpc) is 3.14. The van der Waals surface area contributed by atoms with E-state index in [9.17, 15) is 8.42 Å². The second-order valence-electron chi connectivity index (χ2n) is 5.37. The number of sulfonamides is 1. The molecule has 118 valence electrons. The third kappa shape index (κ3) is 2.90. The molecule has 0 radical (unpaired) electrons. The highest BCUT2D eigenvalue weighted by Crippen LogP contribution is 2.34. The van der Waals surface area contributed by atoms with E-state index in [2.05, 4.69) is 15.0 Å². The second-order valence-corrected chi connectivity index (χ2v) is 7.30. The Morgan fingerprint density at radius 2 is 2.23 bits per heavy atom. The summed E-state index contributed by atoms with van der Waals surface area (Å²) in [4.78, 5) is 11.6. The highest BCUT2D eigenvalue weighted by Gasteiger charge is 2.40. The standard InChI is InChI=1S/C14H18N4O3S/c1-21-11-6-13(18(9-11)22(2,19)20)14-16-8-12(17-14)10-4-3-5-15-7-10/h3-5,7-8,11,13H,6,9H2,1-2H3,(H,16,17)/t11-,13+/m1/s1. The maximum absolute atomic E-state index is 12.0. The van der Waals surface area contributed by atoms with E-state index in [1.807, 2.05) is 12.1 Å². The number of methoxy groups -OCH3 is 1. The third-order valence-corrected chi connectivity index (χ3v) is 5.12. The van der Waals surface area contributed by atoms with Crippen molar-refractivity contribution in [1.82, 2.24) is 19.3 Å². The molecule has 0 saturated carbocycles. The molecule has 0 amide bonds. The molecule has 0 aromatic carbocycles. The minimum absolute atomic E-state index is 0.119. The van der Waals surface area contributed by atoms with Gasteiger partial charge in [0.2, 0.25) is 10.0 Å². The number of hydrogen-bond donors (Lipinski definition) is 1. The summed E-state index contributed by atoms with van der Waals surface area (Å²) in [7, 11) is -1.72. The molecule has 0 bridgehead atoms. The first-order valence-corrected chi connectivity index (χ1v) is 8.79. The predicted octanol–water partition coefficient (Wildman–Crippen LogP) is 1.19. The third-order valence-electron chi connectivity index (χ3n) is 3.86. The minimum Gasteiger partial charge on any atom is -0.380 e. The van der Waals surface area contributed by atoms with Crippen LogP contribution in [0, 0.1) is 0 Å². The molecule has 0 spiro atoms. The molecule has 1 aliphatic rings. The number of aromatic amines is 1. The van der Waals surface area contributed by atoms with Crippen LogP contribution in [0.1, 0.15) is 18.3 Å². The zero-order valence-corrected chi connectivity index (χ0v) is 13.2. The summed E-state index contributed by atoms with van der Waals surface area (Å²) in [6.45, 7) is 0.350. The second kappa shape index (κ2) is 5.79. The number of nitrogens with one attached hydrogen (secondary N) is 1. The van der Waals surface area contributed by atoms with E-state index in [0.717, 1.165) is 11.3 Å². The molecule has 8 heteroatoms. The van der Waals surface area contributed by atoms with Gasteiger partial charge in [-0.1, -0.05) is 0 Å². The van der Waals surface area contributed by atoms with Gasteiger partial charge in [-0.3, -0.25) is 4.98 Å². The first-order valence-electron chi connectivity index (χ1n) is 6.94. The van der Waals surface area contributed by atoms with E-state index in [1.165, 1.54) is 10.6 Å². The summed E-state index contributed by atoms with van der Waals surface area (Å²) in [5.41, 5.74) is 1.73. The van der Waals surface area contributed by atoms with E-state index in [1.54, 1.807) is 25.7 Å². The summed E-state index contributed by atoms with van der Waals surface area (Å²) in [6, 6.07) is 3.44. The van der Waals surface area contributed by atoms with E-state index in [-0.39, 0.29) is 12.1 Å². The molecule has 1 aliphatic heterocycles. The molecular weight excluding hydrogens is 304 g/mol. The smallest absolute Gasteiger partial charge is 0.211 e. The number of pyridine rings is 1. The van der Waals surface area contributed by atoms with Crippen molar-refractivity contribution in [2.24, 2.45) is 0 Å². The first-order chi connectivity index (χ1) is 10.5. The van der Waals surface area contributed by atoms with Crippen LogP contribution in [0.5, 0.6) is 0 Å². The zero-order chi connectivity index (χ0) is 15.7. The molecule has 1 saturated heterocycles. The lowest BCUT2D eigenvalue weighted by molar-refractivity contribution is 0.114. The predicted molar refractivity (Wildman–Crippen MR) is 81.5 cm³/mol. The molecule has 0 unspecified atom stereocenters. The summed E-state index contributed by atoms with van der Waals surface area (Å²) >= 11 is 0. The maximum atomic E-state index is 12.0. The van der Waals surface area contributed by atoms with E-state index < -0.39 is 10.0 Å². The highest BCUT2D eigenvalue weighted by atomic mass is 32.2. The molecule has 3 rings (SSSR count). The van der Waals surface area contributed by atoms with Gasteiger partial charge in [-0.05, 0) is 18.6 Å². The lowest BCUT2D eigenvalue weighted by Gasteiger charge is -2.19. The molecule has 7 nitrogen and oxygen atoms in total. The fourth-order valence-corrected chi connectivity index (χ4v) is 3.81. The molecule has 2 aromatic rings. The van der Waals surface area contributed by atoms with Gasteiger partial charge in [0, 0.05) is 31.6 Å². The monoisotopic (exact) mass is 322 g/mol. The number of H-pyrrole nitrogens is 1. The molecular formula is C14H18N4O3S. The summed E-state index contributed by atoms with van der Waals surface area (Å²) in [5.74, 6) is 0.629. The van der Waals surface area contributed by atoms with Gasteiger partial charge in [-0.25, -0.2) is 13.4 Å². The number of imidazole rings is 1. The number of rotatable bonds is 4. The SMILES string of the molecule is CO[C@@H]1C[C@@H](c2ncc(-c3cccnc3)[nH]2)N(S(C)(=O)=O)C1. The normalized spacial score (nSPS) is 23.0. The zero-order valence-electron chi connectivity index (χ0n) is 12.4. The summed E-state index contributed by atoms with van der Waals surface area (Å²) in [5, 5.41) is 0. The highest BCUT2D eigenvalue weighted by molar-refractivity contribution is 7.88. The Labute approximate surface area is 129 Å². The topological polar surface area (TPSA) is 88.2 Å². The van der Waals surface area contributed by atoms with Gasteiger partial charge in [0.25, 0.3) is 0 Å². The Kier molecular flexibility index (Phi) is 3.98. The van der Waals surface area contributed by atoms with Crippen molar-refractivity contribution in [3.63, 3.8) is 0 Å². The van der Waals surface area contributed by atoms with Crippen molar-refractivity contribution in [1.29, 1.82) is 0 Å². The fraction of sp³-hybridized carbons (Fsp3) is 0.429.